The van der Waals surface area contributed by atoms with Gasteiger partial charge in [0.1, 0.15) is 0 Å². The van der Waals surface area contributed by atoms with Crippen molar-refractivity contribution in [3.8, 4) is 0 Å². The molecule has 122 valence electrons. The number of rotatable bonds is 5. The summed E-state index contributed by atoms with van der Waals surface area (Å²) in [6.45, 7) is 5.61. The summed E-state index contributed by atoms with van der Waals surface area (Å²) in [4.78, 5) is 4.30. The quantitative estimate of drug-likeness (QED) is 0.620. The molecule has 1 heterocycles. The molecule has 22 heavy (non-hydrogen) atoms. The molecule has 0 amide bonds. The Bertz CT molecular complexity index is 481. The highest BCUT2D eigenvalue weighted by Crippen LogP contribution is 2.34. The third-order valence-electron chi connectivity index (χ3n) is 4.27. The topological polar surface area (TPSA) is 45.7 Å². The standard InChI is InChI=1S/C17H26BrN3O/c1-3-10-20-16(19-2)21-13-17(8-11-22-12-9-17)14-4-6-15(18)7-5-14/h4-7H,3,8-13H2,1-2H3,(H2,19,20,21). The van der Waals surface area contributed by atoms with Gasteiger partial charge in [-0.3, -0.25) is 4.99 Å². The lowest BCUT2D eigenvalue weighted by Gasteiger charge is -2.38. The normalized spacial score (nSPS) is 18.0. The molecule has 0 unspecified atom stereocenters. The summed E-state index contributed by atoms with van der Waals surface area (Å²) in [5.74, 6) is 0.879. The van der Waals surface area contributed by atoms with Crippen LogP contribution in [-0.4, -0.2) is 39.3 Å². The predicted octanol–water partition coefficient (Wildman–Crippen LogP) is 3.07. The number of hydrogen-bond acceptors (Lipinski definition) is 2. The van der Waals surface area contributed by atoms with Gasteiger partial charge >= 0.3 is 0 Å². The molecule has 2 N–H and O–H groups in total. The maximum atomic E-state index is 5.59. The van der Waals surface area contributed by atoms with Crippen LogP contribution in [0, 0.1) is 0 Å². The molecule has 0 aliphatic carbocycles. The molecule has 1 aliphatic heterocycles. The highest BCUT2D eigenvalue weighted by atomic mass is 79.9. The Morgan fingerprint density at radius 1 is 1.23 bits per heavy atom. The molecule has 1 aliphatic rings. The van der Waals surface area contributed by atoms with E-state index in [1.165, 1.54) is 5.56 Å². The molecule has 1 fully saturated rings. The number of ether oxygens (including phenoxy) is 1. The van der Waals surface area contributed by atoms with Gasteiger partial charge < -0.3 is 15.4 Å². The predicted molar refractivity (Wildman–Crippen MR) is 95.5 cm³/mol. The van der Waals surface area contributed by atoms with E-state index in [4.69, 9.17) is 4.74 Å². The highest BCUT2D eigenvalue weighted by Gasteiger charge is 2.34. The van der Waals surface area contributed by atoms with Crippen LogP contribution < -0.4 is 10.6 Å². The smallest absolute Gasteiger partial charge is 0.191 e. The highest BCUT2D eigenvalue weighted by molar-refractivity contribution is 9.10. The van der Waals surface area contributed by atoms with Crippen LogP contribution in [0.5, 0.6) is 0 Å². The maximum absolute atomic E-state index is 5.59. The van der Waals surface area contributed by atoms with Crippen molar-refractivity contribution in [1.82, 2.24) is 10.6 Å². The van der Waals surface area contributed by atoms with Crippen molar-refractivity contribution in [1.29, 1.82) is 0 Å². The molecule has 0 bridgehead atoms. The van der Waals surface area contributed by atoms with E-state index in [9.17, 15) is 0 Å². The molecule has 4 nitrogen and oxygen atoms in total. The fraction of sp³-hybridized carbons (Fsp3) is 0.588. The summed E-state index contributed by atoms with van der Waals surface area (Å²) in [6.07, 6.45) is 3.16. The number of benzene rings is 1. The number of halogens is 1. The van der Waals surface area contributed by atoms with Gasteiger partial charge in [0, 0.05) is 43.2 Å². The number of guanidine groups is 1. The van der Waals surface area contributed by atoms with Crippen molar-refractivity contribution >= 4 is 21.9 Å². The van der Waals surface area contributed by atoms with Gasteiger partial charge in [-0.05, 0) is 37.0 Å². The Morgan fingerprint density at radius 2 is 1.91 bits per heavy atom. The monoisotopic (exact) mass is 367 g/mol. The first-order valence-electron chi connectivity index (χ1n) is 7.98. The van der Waals surface area contributed by atoms with Crippen molar-refractivity contribution in [3.05, 3.63) is 34.3 Å². The zero-order chi connectivity index (χ0) is 15.8. The van der Waals surface area contributed by atoms with E-state index < -0.39 is 0 Å². The minimum atomic E-state index is 0.114. The largest absolute Gasteiger partial charge is 0.381 e. The van der Waals surface area contributed by atoms with E-state index in [0.717, 1.165) is 56.0 Å². The van der Waals surface area contributed by atoms with Crippen molar-refractivity contribution in [2.45, 2.75) is 31.6 Å². The average Bonchev–Trinajstić information content (AvgIpc) is 2.56. The van der Waals surface area contributed by atoms with Gasteiger partial charge in [0.25, 0.3) is 0 Å². The molecule has 1 aromatic carbocycles. The van der Waals surface area contributed by atoms with E-state index in [1.54, 1.807) is 0 Å². The van der Waals surface area contributed by atoms with Crippen LogP contribution in [0.1, 0.15) is 31.7 Å². The summed E-state index contributed by atoms with van der Waals surface area (Å²) >= 11 is 3.52. The van der Waals surface area contributed by atoms with Gasteiger partial charge in [0.05, 0.1) is 0 Å². The van der Waals surface area contributed by atoms with E-state index in [0.29, 0.717) is 0 Å². The molecule has 1 saturated heterocycles. The van der Waals surface area contributed by atoms with Crippen LogP contribution in [0.3, 0.4) is 0 Å². The fourth-order valence-electron chi connectivity index (χ4n) is 2.85. The third kappa shape index (κ3) is 4.46. The summed E-state index contributed by atoms with van der Waals surface area (Å²) in [5.41, 5.74) is 1.49. The Hall–Kier alpha value is -1.07. The van der Waals surface area contributed by atoms with Crippen LogP contribution in [-0.2, 0) is 10.2 Å². The van der Waals surface area contributed by atoms with Crippen molar-refractivity contribution < 1.29 is 4.74 Å². The van der Waals surface area contributed by atoms with Gasteiger partial charge in [-0.25, -0.2) is 0 Å². The Balaban J connectivity index is 2.10. The first-order valence-corrected chi connectivity index (χ1v) is 8.78. The summed E-state index contributed by atoms with van der Waals surface area (Å²) in [7, 11) is 1.82. The minimum Gasteiger partial charge on any atom is -0.381 e. The molecule has 1 aromatic rings. The molecule has 0 aromatic heterocycles. The molecule has 0 radical (unpaired) electrons. The SMILES string of the molecule is CCCNC(=NC)NCC1(c2ccc(Br)cc2)CCOCC1. The average molecular weight is 368 g/mol. The van der Waals surface area contributed by atoms with E-state index in [2.05, 4.69) is 62.7 Å². The second-order valence-corrected chi connectivity index (χ2v) is 6.67. The first-order chi connectivity index (χ1) is 10.7. The number of aliphatic imine (C=N–C) groups is 1. The third-order valence-corrected chi connectivity index (χ3v) is 4.80. The van der Waals surface area contributed by atoms with E-state index in [-0.39, 0.29) is 5.41 Å². The summed E-state index contributed by atoms with van der Waals surface area (Å²) < 4.78 is 6.70. The van der Waals surface area contributed by atoms with E-state index >= 15 is 0 Å². The van der Waals surface area contributed by atoms with Crippen molar-refractivity contribution in [3.63, 3.8) is 0 Å². The molecule has 0 spiro atoms. The summed E-state index contributed by atoms with van der Waals surface area (Å²) in [5, 5.41) is 6.84. The fourth-order valence-corrected chi connectivity index (χ4v) is 3.11. The van der Waals surface area contributed by atoms with Crippen LogP contribution in [0.2, 0.25) is 0 Å². The second-order valence-electron chi connectivity index (χ2n) is 5.75. The van der Waals surface area contributed by atoms with Crippen LogP contribution in [0.15, 0.2) is 33.7 Å². The lowest BCUT2D eigenvalue weighted by Crippen LogP contribution is -2.48. The Morgan fingerprint density at radius 3 is 2.50 bits per heavy atom. The van der Waals surface area contributed by atoms with Crippen molar-refractivity contribution in [2.75, 3.05) is 33.4 Å². The van der Waals surface area contributed by atoms with Gasteiger partial charge in [0.15, 0.2) is 5.96 Å². The van der Waals surface area contributed by atoms with Gasteiger partial charge in [-0.2, -0.15) is 0 Å². The van der Waals surface area contributed by atoms with Crippen LogP contribution in [0.4, 0.5) is 0 Å². The maximum Gasteiger partial charge on any atom is 0.191 e. The molecule has 5 heteroatoms. The summed E-state index contributed by atoms with van der Waals surface area (Å²) in [6, 6.07) is 8.69. The zero-order valence-corrected chi connectivity index (χ0v) is 15.1. The lowest BCUT2D eigenvalue weighted by atomic mass is 9.74. The zero-order valence-electron chi connectivity index (χ0n) is 13.5. The van der Waals surface area contributed by atoms with Gasteiger partial charge in [-0.15, -0.1) is 0 Å². The van der Waals surface area contributed by atoms with Crippen molar-refractivity contribution in [2.24, 2.45) is 4.99 Å². The minimum absolute atomic E-state index is 0.114. The lowest BCUT2D eigenvalue weighted by molar-refractivity contribution is 0.0514. The molecule has 2 rings (SSSR count). The second kappa shape index (κ2) is 8.53. The van der Waals surface area contributed by atoms with Gasteiger partial charge in [-0.1, -0.05) is 35.0 Å². The van der Waals surface area contributed by atoms with E-state index in [1.807, 2.05) is 7.05 Å². The molecule has 0 saturated carbocycles. The van der Waals surface area contributed by atoms with Crippen LogP contribution in [0.25, 0.3) is 0 Å². The number of hydrogen-bond donors (Lipinski definition) is 2. The molecular weight excluding hydrogens is 342 g/mol. The van der Waals surface area contributed by atoms with Crippen LogP contribution >= 0.6 is 15.9 Å². The molecular formula is C17H26BrN3O. The Labute approximate surface area is 141 Å². The first kappa shape index (κ1) is 17.3. The Kier molecular flexibility index (Phi) is 6.70. The number of nitrogens with zero attached hydrogens (tertiary/aromatic N) is 1. The van der Waals surface area contributed by atoms with Gasteiger partial charge in [0.2, 0.25) is 0 Å². The number of nitrogens with one attached hydrogen (secondary N) is 2. The molecule has 0 atom stereocenters.